The minimum atomic E-state index is -0.226. The molecule has 0 atom stereocenters. The second kappa shape index (κ2) is 6.42. The first-order valence-electron chi connectivity index (χ1n) is 7.48. The maximum Gasteiger partial charge on any atom is 0.253 e. The molecule has 2 N–H and O–H groups in total. The summed E-state index contributed by atoms with van der Waals surface area (Å²) in [5, 5.41) is 5.91. The summed E-state index contributed by atoms with van der Waals surface area (Å²) in [6.07, 6.45) is 1.65. The second-order valence-electron chi connectivity index (χ2n) is 5.70. The molecule has 1 aliphatic rings. The molecule has 2 aromatic rings. The highest BCUT2D eigenvalue weighted by atomic mass is 35.5. The van der Waals surface area contributed by atoms with Crippen LogP contribution in [-0.2, 0) is 17.6 Å². The number of hydrogen-bond acceptors (Lipinski definition) is 2. The van der Waals surface area contributed by atoms with Crippen molar-refractivity contribution in [1.29, 1.82) is 0 Å². The molecule has 0 aromatic heterocycles. The summed E-state index contributed by atoms with van der Waals surface area (Å²) >= 11 is 6.25. The van der Waals surface area contributed by atoms with Crippen LogP contribution in [0.2, 0.25) is 5.02 Å². The first kappa shape index (κ1) is 15.6. The van der Waals surface area contributed by atoms with Crippen LogP contribution in [0.25, 0.3) is 0 Å². The first-order chi connectivity index (χ1) is 11.0. The van der Waals surface area contributed by atoms with Crippen LogP contribution in [0, 0.1) is 0 Å². The molecule has 0 radical (unpaired) electrons. The van der Waals surface area contributed by atoms with E-state index in [9.17, 15) is 9.59 Å². The van der Waals surface area contributed by atoms with Gasteiger partial charge in [-0.1, -0.05) is 41.9 Å². The van der Waals surface area contributed by atoms with Crippen LogP contribution < -0.4 is 10.6 Å². The summed E-state index contributed by atoms with van der Waals surface area (Å²) in [7, 11) is 0. The average Bonchev–Trinajstić information content (AvgIpc) is 2.91. The van der Waals surface area contributed by atoms with Gasteiger partial charge in [-0.2, -0.15) is 0 Å². The van der Waals surface area contributed by atoms with E-state index in [4.69, 9.17) is 11.6 Å². The molecule has 0 heterocycles. The SMILES string of the molecule is CC(=O)Nc1cccc(C(=O)NC2Cc3ccccc3C2)c1Cl. The van der Waals surface area contributed by atoms with Crippen LogP contribution in [0.4, 0.5) is 5.69 Å². The Balaban J connectivity index is 1.74. The van der Waals surface area contributed by atoms with Gasteiger partial charge in [0.1, 0.15) is 0 Å². The highest BCUT2D eigenvalue weighted by Gasteiger charge is 2.24. The molecular weight excluding hydrogens is 312 g/mol. The molecule has 3 rings (SSSR count). The Kier molecular flexibility index (Phi) is 4.35. The fraction of sp³-hybridized carbons (Fsp3) is 0.222. The normalized spacial score (nSPS) is 13.5. The number of hydrogen-bond donors (Lipinski definition) is 2. The number of amides is 2. The van der Waals surface area contributed by atoms with Gasteiger partial charge in [0.05, 0.1) is 16.3 Å². The third-order valence-electron chi connectivity index (χ3n) is 3.94. The van der Waals surface area contributed by atoms with E-state index in [1.807, 2.05) is 12.1 Å². The molecule has 1 aliphatic carbocycles. The lowest BCUT2D eigenvalue weighted by molar-refractivity contribution is -0.114. The molecule has 0 aliphatic heterocycles. The molecule has 4 nitrogen and oxygen atoms in total. The van der Waals surface area contributed by atoms with E-state index in [1.165, 1.54) is 18.1 Å². The minimum absolute atomic E-state index is 0.0698. The Labute approximate surface area is 139 Å². The molecule has 0 spiro atoms. The van der Waals surface area contributed by atoms with Crippen LogP contribution in [0.15, 0.2) is 42.5 Å². The zero-order chi connectivity index (χ0) is 16.4. The average molecular weight is 329 g/mol. The van der Waals surface area contributed by atoms with Crippen LogP contribution in [-0.4, -0.2) is 17.9 Å². The maximum atomic E-state index is 12.5. The number of anilines is 1. The summed E-state index contributed by atoms with van der Waals surface area (Å²) in [6, 6.07) is 13.3. The van der Waals surface area contributed by atoms with E-state index in [0.717, 1.165) is 12.8 Å². The van der Waals surface area contributed by atoms with Crippen molar-refractivity contribution in [3.63, 3.8) is 0 Å². The Morgan fingerprint density at radius 2 is 1.70 bits per heavy atom. The Hall–Kier alpha value is -2.33. The Morgan fingerprint density at radius 3 is 2.30 bits per heavy atom. The summed E-state index contributed by atoms with van der Waals surface area (Å²) in [4.78, 5) is 23.7. The monoisotopic (exact) mass is 328 g/mol. The predicted molar refractivity (Wildman–Crippen MR) is 90.9 cm³/mol. The quantitative estimate of drug-likeness (QED) is 0.909. The molecule has 0 saturated heterocycles. The molecule has 23 heavy (non-hydrogen) atoms. The number of fused-ring (bicyclic) bond motifs is 1. The highest BCUT2D eigenvalue weighted by Crippen LogP contribution is 2.27. The van der Waals surface area contributed by atoms with Crippen molar-refractivity contribution in [2.45, 2.75) is 25.8 Å². The van der Waals surface area contributed by atoms with E-state index < -0.39 is 0 Å². The van der Waals surface area contributed by atoms with Crippen molar-refractivity contribution < 1.29 is 9.59 Å². The van der Waals surface area contributed by atoms with Crippen LogP contribution in [0.3, 0.4) is 0 Å². The highest BCUT2D eigenvalue weighted by molar-refractivity contribution is 6.36. The lowest BCUT2D eigenvalue weighted by atomic mass is 10.1. The largest absolute Gasteiger partial charge is 0.349 e. The lowest BCUT2D eigenvalue weighted by Gasteiger charge is -2.14. The van der Waals surface area contributed by atoms with Gasteiger partial charge in [0.15, 0.2) is 0 Å². The van der Waals surface area contributed by atoms with E-state index in [2.05, 4.69) is 22.8 Å². The molecule has 2 amide bonds. The van der Waals surface area contributed by atoms with Crippen LogP contribution >= 0.6 is 11.6 Å². The molecule has 0 bridgehead atoms. The van der Waals surface area contributed by atoms with E-state index in [-0.39, 0.29) is 22.9 Å². The van der Waals surface area contributed by atoms with Crippen molar-refractivity contribution >= 4 is 29.1 Å². The smallest absolute Gasteiger partial charge is 0.253 e. The molecule has 0 saturated carbocycles. The van der Waals surface area contributed by atoms with Gasteiger partial charge < -0.3 is 10.6 Å². The third kappa shape index (κ3) is 3.37. The van der Waals surface area contributed by atoms with Gasteiger partial charge in [0.2, 0.25) is 5.91 Å². The number of rotatable bonds is 3. The number of halogens is 1. The van der Waals surface area contributed by atoms with Crippen LogP contribution in [0.1, 0.15) is 28.4 Å². The molecule has 5 heteroatoms. The van der Waals surface area contributed by atoms with Gasteiger partial charge in [0, 0.05) is 13.0 Å². The number of nitrogens with one attached hydrogen (secondary N) is 2. The van der Waals surface area contributed by atoms with Gasteiger partial charge in [-0.15, -0.1) is 0 Å². The van der Waals surface area contributed by atoms with Crippen molar-refractivity contribution in [2.24, 2.45) is 0 Å². The number of carbonyl (C=O) groups is 2. The summed E-state index contributed by atoms with van der Waals surface area (Å²) in [6.45, 7) is 1.40. The van der Waals surface area contributed by atoms with Crippen molar-refractivity contribution in [3.05, 3.63) is 64.2 Å². The first-order valence-corrected chi connectivity index (χ1v) is 7.86. The Morgan fingerprint density at radius 1 is 1.04 bits per heavy atom. The third-order valence-corrected chi connectivity index (χ3v) is 4.35. The fourth-order valence-electron chi connectivity index (χ4n) is 2.92. The van der Waals surface area contributed by atoms with Gasteiger partial charge in [-0.3, -0.25) is 9.59 Å². The Bertz CT molecular complexity index is 748. The molecular formula is C18H17ClN2O2. The summed E-state index contributed by atoms with van der Waals surface area (Å²) in [5.41, 5.74) is 3.36. The van der Waals surface area contributed by atoms with E-state index >= 15 is 0 Å². The van der Waals surface area contributed by atoms with Crippen molar-refractivity contribution in [2.75, 3.05) is 5.32 Å². The van der Waals surface area contributed by atoms with Gasteiger partial charge in [0.25, 0.3) is 5.91 Å². The summed E-state index contributed by atoms with van der Waals surface area (Å²) < 4.78 is 0. The number of carbonyl (C=O) groups excluding carboxylic acids is 2. The van der Waals surface area contributed by atoms with Crippen LogP contribution in [0.5, 0.6) is 0 Å². The lowest BCUT2D eigenvalue weighted by Crippen LogP contribution is -2.35. The fourth-order valence-corrected chi connectivity index (χ4v) is 3.18. The molecule has 118 valence electrons. The van der Waals surface area contributed by atoms with Crippen molar-refractivity contribution in [1.82, 2.24) is 5.32 Å². The van der Waals surface area contributed by atoms with Gasteiger partial charge in [-0.25, -0.2) is 0 Å². The predicted octanol–water partition coefficient (Wildman–Crippen LogP) is 3.20. The second-order valence-corrected chi connectivity index (χ2v) is 6.07. The summed E-state index contributed by atoms with van der Waals surface area (Å²) in [5.74, 6) is -0.448. The topological polar surface area (TPSA) is 58.2 Å². The van der Waals surface area contributed by atoms with E-state index in [1.54, 1.807) is 18.2 Å². The molecule has 2 aromatic carbocycles. The van der Waals surface area contributed by atoms with E-state index in [0.29, 0.717) is 11.3 Å². The molecule has 0 unspecified atom stereocenters. The standard InChI is InChI=1S/C18H17ClN2O2/c1-11(22)20-16-8-4-7-15(17(16)19)18(23)21-14-9-12-5-2-3-6-13(12)10-14/h2-8,14H,9-10H2,1H3,(H,20,22)(H,21,23). The minimum Gasteiger partial charge on any atom is -0.349 e. The van der Waals surface area contributed by atoms with Crippen molar-refractivity contribution in [3.8, 4) is 0 Å². The van der Waals surface area contributed by atoms with Gasteiger partial charge in [-0.05, 0) is 36.1 Å². The zero-order valence-corrected chi connectivity index (χ0v) is 13.5. The maximum absolute atomic E-state index is 12.5. The van der Waals surface area contributed by atoms with Gasteiger partial charge >= 0.3 is 0 Å². The number of benzene rings is 2. The zero-order valence-electron chi connectivity index (χ0n) is 12.7. The molecule has 0 fully saturated rings.